The van der Waals surface area contributed by atoms with E-state index in [0.717, 1.165) is 12.8 Å². The zero-order valence-corrected chi connectivity index (χ0v) is 14.0. The molecular weight excluding hydrogens is 276 g/mol. The van der Waals surface area contributed by atoms with Gasteiger partial charge in [-0.05, 0) is 47.2 Å². The maximum absolute atomic E-state index is 4.07. The molecular formula is C23H24. The molecule has 0 N–H and O–H groups in total. The van der Waals surface area contributed by atoms with E-state index in [9.17, 15) is 0 Å². The molecule has 3 rings (SSSR count). The predicted molar refractivity (Wildman–Crippen MR) is 102 cm³/mol. The number of hydrogen-bond acceptors (Lipinski definition) is 0. The van der Waals surface area contributed by atoms with Gasteiger partial charge in [-0.25, -0.2) is 0 Å². The van der Waals surface area contributed by atoms with E-state index in [1.807, 2.05) is 0 Å². The lowest BCUT2D eigenvalue weighted by molar-refractivity contribution is 0.931. The highest BCUT2D eigenvalue weighted by Crippen LogP contribution is 2.33. The lowest BCUT2D eigenvalue weighted by Crippen LogP contribution is -1.99. The molecule has 0 amide bonds. The van der Waals surface area contributed by atoms with Crippen LogP contribution >= 0.6 is 0 Å². The molecule has 0 bridgehead atoms. The van der Waals surface area contributed by atoms with Crippen molar-refractivity contribution < 1.29 is 0 Å². The van der Waals surface area contributed by atoms with Crippen LogP contribution in [0.2, 0.25) is 0 Å². The highest BCUT2D eigenvalue weighted by atomic mass is 14.2. The Labute approximate surface area is 139 Å². The SMILES string of the molecule is C=C(C)Cc1ccc(C(C)C2=CC=CCC=C2)c2ccccc12. The van der Waals surface area contributed by atoms with Crippen LogP contribution in [-0.4, -0.2) is 0 Å². The summed E-state index contributed by atoms with van der Waals surface area (Å²) in [6.07, 6.45) is 13.1. The van der Waals surface area contributed by atoms with Crippen LogP contribution < -0.4 is 0 Å². The molecule has 0 spiro atoms. The number of allylic oxidation sites excluding steroid dienone is 7. The molecule has 1 unspecified atom stereocenters. The molecule has 0 saturated heterocycles. The Morgan fingerprint density at radius 2 is 1.87 bits per heavy atom. The van der Waals surface area contributed by atoms with Crippen molar-refractivity contribution in [3.63, 3.8) is 0 Å². The summed E-state index contributed by atoms with van der Waals surface area (Å²) < 4.78 is 0. The molecule has 1 aliphatic carbocycles. The molecule has 23 heavy (non-hydrogen) atoms. The Hall–Kier alpha value is -2.34. The van der Waals surface area contributed by atoms with Gasteiger partial charge < -0.3 is 0 Å². The van der Waals surface area contributed by atoms with Gasteiger partial charge in [0.15, 0.2) is 0 Å². The summed E-state index contributed by atoms with van der Waals surface area (Å²) in [5, 5.41) is 2.72. The minimum atomic E-state index is 0.387. The van der Waals surface area contributed by atoms with Crippen LogP contribution in [-0.2, 0) is 6.42 Å². The number of hydrogen-bond donors (Lipinski definition) is 0. The van der Waals surface area contributed by atoms with Crippen molar-refractivity contribution in [3.05, 3.63) is 95.6 Å². The Morgan fingerprint density at radius 1 is 1.09 bits per heavy atom. The van der Waals surface area contributed by atoms with E-state index in [-0.39, 0.29) is 0 Å². The summed E-state index contributed by atoms with van der Waals surface area (Å²) in [5.74, 6) is 0.387. The zero-order valence-electron chi connectivity index (χ0n) is 14.0. The van der Waals surface area contributed by atoms with Crippen molar-refractivity contribution in [2.45, 2.75) is 32.6 Å². The van der Waals surface area contributed by atoms with E-state index in [2.05, 4.69) is 87.2 Å². The summed E-state index contributed by atoms with van der Waals surface area (Å²) in [5.41, 5.74) is 5.35. The van der Waals surface area contributed by atoms with Gasteiger partial charge in [-0.2, -0.15) is 0 Å². The smallest absolute Gasteiger partial charge is 0.00670 e. The van der Waals surface area contributed by atoms with Crippen LogP contribution in [0.5, 0.6) is 0 Å². The molecule has 116 valence electrons. The van der Waals surface area contributed by atoms with Gasteiger partial charge in [-0.15, -0.1) is 0 Å². The van der Waals surface area contributed by atoms with Crippen LogP contribution in [0.3, 0.4) is 0 Å². The minimum Gasteiger partial charge on any atom is -0.0998 e. The first kappa shape index (κ1) is 15.6. The van der Waals surface area contributed by atoms with E-state index in [1.54, 1.807) is 0 Å². The molecule has 0 fully saturated rings. The van der Waals surface area contributed by atoms with Crippen LogP contribution in [0.4, 0.5) is 0 Å². The van der Waals surface area contributed by atoms with E-state index in [4.69, 9.17) is 0 Å². The molecule has 0 radical (unpaired) electrons. The first-order chi connectivity index (χ1) is 11.2. The van der Waals surface area contributed by atoms with Crippen molar-refractivity contribution in [2.75, 3.05) is 0 Å². The molecule has 2 aromatic carbocycles. The number of rotatable bonds is 4. The number of fused-ring (bicyclic) bond motifs is 1. The van der Waals surface area contributed by atoms with Gasteiger partial charge in [0.25, 0.3) is 0 Å². The van der Waals surface area contributed by atoms with Crippen molar-refractivity contribution in [1.82, 2.24) is 0 Å². The Kier molecular flexibility index (Phi) is 4.62. The van der Waals surface area contributed by atoms with Gasteiger partial charge in [-0.3, -0.25) is 0 Å². The first-order valence-corrected chi connectivity index (χ1v) is 8.35. The third kappa shape index (κ3) is 3.37. The van der Waals surface area contributed by atoms with Crippen molar-refractivity contribution in [1.29, 1.82) is 0 Å². The highest BCUT2D eigenvalue weighted by Gasteiger charge is 2.14. The zero-order chi connectivity index (χ0) is 16.2. The molecule has 0 saturated carbocycles. The monoisotopic (exact) mass is 300 g/mol. The minimum absolute atomic E-state index is 0.387. The Morgan fingerprint density at radius 3 is 2.65 bits per heavy atom. The fraction of sp³-hybridized carbons (Fsp3) is 0.217. The predicted octanol–water partition coefficient (Wildman–Crippen LogP) is 6.50. The molecule has 2 aromatic rings. The standard InChI is InChI=1S/C23H24/c1-17(2)16-20-14-15-21(23-13-9-8-12-22(20)23)18(3)19-10-6-4-5-7-11-19/h4,6-15,18H,1,5,16H2,2-3H3. The molecule has 0 nitrogen and oxygen atoms in total. The normalized spacial score (nSPS) is 15.3. The van der Waals surface area contributed by atoms with Gasteiger partial charge >= 0.3 is 0 Å². The van der Waals surface area contributed by atoms with Gasteiger partial charge in [0.1, 0.15) is 0 Å². The average molecular weight is 300 g/mol. The fourth-order valence-electron chi connectivity index (χ4n) is 3.31. The van der Waals surface area contributed by atoms with Crippen LogP contribution in [0.1, 0.15) is 37.3 Å². The van der Waals surface area contributed by atoms with E-state index in [1.165, 1.54) is 33.0 Å². The Balaban J connectivity index is 2.10. The third-order valence-corrected chi connectivity index (χ3v) is 4.51. The van der Waals surface area contributed by atoms with Crippen LogP contribution in [0, 0.1) is 0 Å². The van der Waals surface area contributed by atoms with Gasteiger partial charge in [-0.1, -0.05) is 85.9 Å². The summed E-state index contributed by atoms with van der Waals surface area (Å²) >= 11 is 0. The maximum Gasteiger partial charge on any atom is 0.00670 e. The molecule has 1 atom stereocenters. The summed E-state index contributed by atoms with van der Waals surface area (Å²) in [6.45, 7) is 8.47. The third-order valence-electron chi connectivity index (χ3n) is 4.51. The lowest BCUT2D eigenvalue weighted by atomic mass is 9.86. The van der Waals surface area contributed by atoms with Gasteiger partial charge in [0.05, 0.1) is 0 Å². The summed E-state index contributed by atoms with van der Waals surface area (Å²) in [4.78, 5) is 0. The van der Waals surface area contributed by atoms with Crippen LogP contribution in [0.15, 0.2) is 84.5 Å². The van der Waals surface area contributed by atoms with Crippen molar-refractivity contribution in [3.8, 4) is 0 Å². The largest absolute Gasteiger partial charge is 0.0998 e. The van der Waals surface area contributed by atoms with Crippen LogP contribution in [0.25, 0.3) is 10.8 Å². The van der Waals surface area contributed by atoms with E-state index >= 15 is 0 Å². The fourth-order valence-corrected chi connectivity index (χ4v) is 3.31. The highest BCUT2D eigenvalue weighted by molar-refractivity contribution is 5.89. The van der Waals surface area contributed by atoms with Crippen molar-refractivity contribution in [2.24, 2.45) is 0 Å². The van der Waals surface area contributed by atoms with E-state index < -0.39 is 0 Å². The average Bonchev–Trinajstić information content (AvgIpc) is 2.83. The number of benzene rings is 2. The Bertz CT molecular complexity index is 815. The topological polar surface area (TPSA) is 0 Å². The molecule has 0 heterocycles. The molecule has 0 heteroatoms. The van der Waals surface area contributed by atoms with Gasteiger partial charge in [0, 0.05) is 5.92 Å². The lowest BCUT2D eigenvalue weighted by Gasteiger charge is -2.18. The summed E-state index contributed by atoms with van der Waals surface area (Å²) in [6, 6.07) is 13.3. The quantitative estimate of drug-likeness (QED) is 0.565. The first-order valence-electron chi connectivity index (χ1n) is 8.35. The van der Waals surface area contributed by atoms with Gasteiger partial charge in [0.2, 0.25) is 0 Å². The molecule has 0 aromatic heterocycles. The second-order valence-corrected chi connectivity index (χ2v) is 6.45. The molecule has 1 aliphatic rings. The maximum atomic E-state index is 4.07. The second-order valence-electron chi connectivity index (χ2n) is 6.45. The summed E-state index contributed by atoms with van der Waals surface area (Å²) in [7, 11) is 0. The van der Waals surface area contributed by atoms with E-state index in [0.29, 0.717) is 5.92 Å². The second kappa shape index (κ2) is 6.83. The van der Waals surface area contributed by atoms with Crippen molar-refractivity contribution >= 4 is 10.8 Å². The molecule has 0 aliphatic heterocycles.